The minimum absolute atomic E-state index is 0.387. The molecule has 2 heteroatoms. The van der Waals surface area contributed by atoms with E-state index in [0.717, 1.165) is 37.8 Å². The molecule has 2 rings (SSSR count). The van der Waals surface area contributed by atoms with Gasteiger partial charge in [-0.1, -0.05) is 13.3 Å². The molecule has 2 atom stereocenters. The lowest BCUT2D eigenvalue weighted by molar-refractivity contribution is -0.0183. The molecule has 2 saturated carbocycles. The van der Waals surface area contributed by atoms with Crippen LogP contribution in [0.2, 0.25) is 0 Å². The number of nitrogens with one attached hydrogen (secondary N) is 1. The van der Waals surface area contributed by atoms with Crippen LogP contribution >= 0.6 is 0 Å². The average Bonchev–Trinajstić information content (AvgIpc) is 2.98. The number of hydrogen-bond acceptors (Lipinski definition) is 2. The third kappa shape index (κ3) is 2.48. The molecular formula is C12H23NO. The highest BCUT2D eigenvalue weighted by molar-refractivity contribution is 4.93. The second-order valence-corrected chi connectivity index (χ2v) is 5.20. The third-order valence-electron chi connectivity index (χ3n) is 3.85. The van der Waals surface area contributed by atoms with E-state index < -0.39 is 0 Å². The van der Waals surface area contributed by atoms with Crippen LogP contribution in [0.5, 0.6) is 0 Å². The summed E-state index contributed by atoms with van der Waals surface area (Å²) in [5.41, 5.74) is -0.387. The van der Waals surface area contributed by atoms with Crippen LogP contribution in [0.1, 0.15) is 45.4 Å². The zero-order chi connectivity index (χ0) is 10.0. The maximum Gasteiger partial charge on any atom is 0.0774 e. The Morgan fingerprint density at radius 3 is 2.71 bits per heavy atom. The molecule has 0 aromatic rings. The van der Waals surface area contributed by atoms with Gasteiger partial charge in [0.15, 0.2) is 0 Å². The van der Waals surface area contributed by atoms with Crippen molar-refractivity contribution in [1.29, 1.82) is 0 Å². The predicted octanol–water partition coefficient (Wildman–Crippen LogP) is 1.93. The Morgan fingerprint density at radius 1 is 1.29 bits per heavy atom. The van der Waals surface area contributed by atoms with Crippen molar-refractivity contribution in [1.82, 2.24) is 5.32 Å². The molecule has 0 bridgehead atoms. The summed E-state index contributed by atoms with van der Waals surface area (Å²) in [7, 11) is 0. The van der Waals surface area contributed by atoms with Crippen molar-refractivity contribution in [2.24, 2.45) is 11.8 Å². The molecule has 14 heavy (non-hydrogen) atoms. The molecule has 0 amide bonds. The van der Waals surface area contributed by atoms with Crippen molar-refractivity contribution < 1.29 is 5.11 Å². The van der Waals surface area contributed by atoms with Gasteiger partial charge in [0.1, 0.15) is 0 Å². The minimum Gasteiger partial charge on any atom is -0.389 e. The zero-order valence-corrected chi connectivity index (χ0v) is 9.26. The lowest BCUT2D eigenvalue weighted by atomic mass is 9.76. The Balaban J connectivity index is 1.84. The first-order valence-electron chi connectivity index (χ1n) is 6.16. The molecular weight excluding hydrogens is 174 g/mol. The Hall–Kier alpha value is -0.0800. The normalized spacial score (nSPS) is 38.6. The SMILES string of the molecule is CCNCC1(O)CCCC(C2CC2)C1. The quantitative estimate of drug-likeness (QED) is 0.722. The van der Waals surface area contributed by atoms with Crippen LogP contribution in [0.15, 0.2) is 0 Å². The van der Waals surface area contributed by atoms with Crippen LogP contribution in [-0.4, -0.2) is 23.8 Å². The topological polar surface area (TPSA) is 32.3 Å². The van der Waals surface area contributed by atoms with E-state index >= 15 is 0 Å². The van der Waals surface area contributed by atoms with Gasteiger partial charge in [0.05, 0.1) is 5.60 Å². The fraction of sp³-hybridized carbons (Fsp3) is 1.00. The third-order valence-corrected chi connectivity index (χ3v) is 3.85. The predicted molar refractivity (Wildman–Crippen MR) is 58.2 cm³/mol. The molecule has 2 unspecified atom stereocenters. The van der Waals surface area contributed by atoms with Crippen LogP contribution in [0.3, 0.4) is 0 Å². The molecule has 0 spiro atoms. The standard InChI is InChI=1S/C12H23NO/c1-2-13-9-12(14)7-3-4-11(8-12)10-5-6-10/h10-11,13-14H,2-9H2,1H3. The van der Waals surface area contributed by atoms with Gasteiger partial charge in [-0.25, -0.2) is 0 Å². The smallest absolute Gasteiger partial charge is 0.0774 e. The van der Waals surface area contributed by atoms with Gasteiger partial charge in [0, 0.05) is 6.54 Å². The molecule has 0 aromatic heterocycles. The van der Waals surface area contributed by atoms with E-state index in [2.05, 4.69) is 12.2 Å². The van der Waals surface area contributed by atoms with Gasteiger partial charge in [-0.05, 0) is 50.5 Å². The van der Waals surface area contributed by atoms with Gasteiger partial charge >= 0.3 is 0 Å². The summed E-state index contributed by atoms with van der Waals surface area (Å²) in [5, 5.41) is 13.7. The summed E-state index contributed by atoms with van der Waals surface area (Å²) in [6, 6.07) is 0. The maximum atomic E-state index is 10.4. The molecule has 0 aliphatic heterocycles. The van der Waals surface area contributed by atoms with Crippen LogP contribution in [-0.2, 0) is 0 Å². The van der Waals surface area contributed by atoms with E-state index in [-0.39, 0.29) is 5.60 Å². The monoisotopic (exact) mass is 197 g/mol. The van der Waals surface area contributed by atoms with Crippen molar-refractivity contribution >= 4 is 0 Å². The largest absolute Gasteiger partial charge is 0.389 e. The van der Waals surface area contributed by atoms with E-state index in [0.29, 0.717) is 0 Å². The lowest BCUT2D eigenvalue weighted by Crippen LogP contribution is -2.44. The second kappa shape index (κ2) is 4.19. The van der Waals surface area contributed by atoms with Gasteiger partial charge in [-0.3, -0.25) is 0 Å². The van der Waals surface area contributed by atoms with Gasteiger partial charge in [0.25, 0.3) is 0 Å². The van der Waals surface area contributed by atoms with E-state index in [1.54, 1.807) is 0 Å². The van der Waals surface area contributed by atoms with Gasteiger partial charge < -0.3 is 10.4 Å². The van der Waals surface area contributed by atoms with E-state index in [1.807, 2.05) is 0 Å². The molecule has 0 aromatic carbocycles. The number of aliphatic hydroxyl groups is 1. The molecule has 0 radical (unpaired) electrons. The molecule has 82 valence electrons. The first kappa shape index (κ1) is 10.4. The summed E-state index contributed by atoms with van der Waals surface area (Å²) < 4.78 is 0. The molecule has 2 N–H and O–H groups in total. The fourth-order valence-corrected chi connectivity index (χ4v) is 2.87. The molecule has 0 saturated heterocycles. The number of hydrogen-bond donors (Lipinski definition) is 2. The minimum atomic E-state index is -0.387. The van der Waals surface area contributed by atoms with Crippen molar-refractivity contribution in [3.63, 3.8) is 0 Å². The molecule has 2 aliphatic rings. The van der Waals surface area contributed by atoms with E-state index in [4.69, 9.17) is 0 Å². The Labute approximate surface area is 87.1 Å². The Morgan fingerprint density at radius 2 is 2.07 bits per heavy atom. The summed E-state index contributed by atoms with van der Waals surface area (Å²) in [6.07, 6.45) is 7.47. The first-order valence-corrected chi connectivity index (χ1v) is 6.16. The van der Waals surface area contributed by atoms with Crippen LogP contribution in [0, 0.1) is 11.8 Å². The van der Waals surface area contributed by atoms with Gasteiger partial charge in [-0.15, -0.1) is 0 Å². The van der Waals surface area contributed by atoms with Crippen LogP contribution < -0.4 is 5.32 Å². The second-order valence-electron chi connectivity index (χ2n) is 5.20. The Kier molecular flexibility index (Phi) is 3.13. The maximum absolute atomic E-state index is 10.4. The van der Waals surface area contributed by atoms with E-state index in [1.165, 1.54) is 25.7 Å². The summed E-state index contributed by atoms with van der Waals surface area (Å²) in [4.78, 5) is 0. The van der Waals surface area contributed by atoms with Crippen molar-refractivity contribution in [3.8, 4) is 0 Å². The molecule has 2 aliphatic carbocycles. The molecule has 2 nitrogen and oxygen atoms in total. The highest BCUT2D eigenvalue weighted by Gasteiger charge is 2.40. The summed E-state index contributed by atoms with van der Waals surface area (Å²) >= 11 is 0. The van der Waals surface area contributed by atoms with Crippen molar-refractivity contribution in [2.75, 3.05) is 13.1 Å². The first-order chi connectivity index (χ1) is 6.73. The lowest BCUT2D eigenvalue weighted by Gasteiger charge is -2.37. The fourth-order valence-electron chi connectivity index (χ4n) is 2.87. The average molecular weight is 197 g/mol. The number of likely N-dealkylation sites (N-methyl/N-ethyl adjacent to an activating group) is 1. The Bertz CT molecular complexity index is 191. The van der Waals surface area contributed by atoms with Gasteiger partial charge in [-0.2, -0.15) is 0 Å². The molecule has 2 fully saturated rings. The number of rotatable bonds is 4. The van der Waals surface area contributed by atoms with Crippen LogP contribution in [0.4, 0.5) is 0 Å². The van der Waals surface area contributed by atoms with Crippen molar-refractivity contribution in [3.05, 3.63) is 0 Å². The summed E-state index contributed by atoms with van der Waals surface area (Å²) in [6.45, 7) is 3.87. The molecule has 0 heterocycles. The summed E-state index contributed by atoms with van der Waals surface area (Å²) in [5.74, 6) is 1.79. The zero-order valence-electron chi connectivity index (χ0n) is 9.26. The van der Waals surface area contributed by atoms with Gasteiger partial charge in [0.2, 0.25) is 0 Å². The highest BCUT2D eigenvalue weighted by atomic mass is 16.3. The van der Waals surface area contributed by atoms with Crippen molar-refractivity contribution in [2.45, 2.75) is 51.0 Å². The van der Waals surface area contributed by atoms with Crippen LogP contribution in [0.25, 0.3) is 0 Å². The van der Waals surface area contributed by atoms with E-state index in [9.17, 15) is 5.11 Å². The highest BCUT2D eigenvalue weighted by Crippen LogP contribution is 2.46.